The van der Waals surface area contributed by atoms with E-state index >= 15 is 0 Å². The minimum absolute atomic E-state index is 0.0166. The monoisotopic (exact) mass is 280 g/mol. The third-order valence-corrected chi connectivity index (χ3v) is 3.73. The van der Waals surface area contributed by atoms with Gasteiger partial charge < -0.3 is 15.4 Å². The van der Waals surface area contributed by atoms with Gasteiger partial charge in [0.25, 0.3) is 5.91 Å². The summed E-state index contributed by atoms with van der Waals surface area (Å²) in [5, 5.41) is 0. The summed E-state index contributed by atoms with van der Waals surface area (Å²) in [6, 6.07) is 5.76. The van der Waals surface area contributed by atoms with Crippen LogP contribution in [0.2, 0.25) is 0 Å². The summed E-state index contributed by atoms with van der Waals surface area (Å²) in [5.74, 6) is 0.498. The zero-order chi connectivity index (χ0) is 14.5. The average Bonchev–Trinajstić information content (AvgIpc) is 2.46. The first kappa shape index (κ1) is 14.8. The Morgan fingerprint density at radius 1 is 1.50 bits per heavy atom. The number of hydrogen-bond donors (Lipinski definition) is 1. The van der Waals surface area contributed by atoms with E-state index in [-0.39, 0.29) is 24.4 Å². The fourth-order valence-corrected chi connectivity index (χ4v) is 2.43. The molecule has 4 nitrogen and oxygen atoms in total. The second-order valence-corrected chi connectivity index (χ2v) is 5.34. The van der Waals surface area contributed by atoms with E-state index in [2.05, 4.69) is 0 Å². The molecule has 1 aromatic rings. The number of carbonyl (C=O) groups is 1. The van der Waals surface area contributed by atoms with Crippen molar-refractivity contribution in [1.29, 1.82) is 0 Å². The van der Waals surface area contributed by atoms with Crippen LogP contribution in [0, 0.1) is 11.7 Å². The molecule has 0 saturated carbocycles. The molecule has 0 radical (unpaired) electrons. The molecule has 0 aromatic heterocycles. The van der Waals surface area contributed by atoms with Gasteiger partial charge in [0.15, 0.2) is 6.61 Å². The van der Waals surface area contributed by atoms with Gasteiger partial charge in [0.05, 0.1) is 0 Å². The SMILES string of the molecule is C[C@@H](N)[C@H]1CCCN(C(=O)COc2ccc(F)cc2)C1. The van der Waals surface area contributed by atoms with Crippen LogP contribution in [0.15, 0.2) is 24.3 Å². The molecule has 2 atom stereocenters. The number of benzene rings is 1. The van der Waals surface area contributed by atoms with Crippen LogP contribution in [0.1, 0.15) is 19.8 Å². The zero-order valence-electron chi connectivity index (χ0n) is 11.7. The summed E-state index contributed by atoms with van der Waals surface area (Å²) in [7, 11) is 0. The van der Waals surface area contributed by atoms with Crippen LogP contribution in [0.5, 0.6) is 5.75 Å². The van der Waals surface area contributed by atoms with Crippen LogP contribution in [0.4, 0.5) is 4.39 Å². The van der Waals surface area contributed by atoms with E-state index in [1.165, 1.54) is 24.3 Å². The van der Waals surface area contributed by atoms with Gasteiger partial charge in [-0.25, -0.2) is 4.39 Å². The van der Waals surface area contributed by atoms with E-state index in [9.17, 15) is 9.18 Å². The summed E-state index contributed by atoms with van der Waals surface area (Å²) in [6.07, 6.45) is 2.05. The van der Waals surface area contributed by atoms with E-state index in [4.69, 9.17) is 10.5 Å². The second kappa shape index (κ2) is 6.70. The molecule has 1 saturated heterocycles. The molecule has 0 spiro atoms. The number of rotatable bonds is 4. The number of nitrogens with zero attached hydrogens (tertiary/aromatic N) is 1. The highest BCUT2D eigenvalue weighted by molar-refractivity contribution is 5.77. The van der Waals surface area contributed by atoms with Crippen LogP contribution in [-0.4, -0.2) is 36.5 Å². The Kier molecular flexibility index (Phi) is 4.95. The first-order chi connectivity index (χ1) is 9.56. The van der Waals surface area contributed by atoms with Gasteiger partial charge in [0, 0.05) is 19.1 Å². The smallest absolute Gasteiger partial charge is 0.260 e. The van der Waals surface area contributed by atoms with E-state index in [1.54, 1.807) is 4.90 Å². The van der Waals surface area contributed by atoms with Crippen molar-refractivity contribution in [2.45, 2.75) is 25.8 Å². The lowest BCUT2D eigenvalue weighted by Crippen LogP contribution is -2.46. The first-order valence-corrected chi connectivity index (χ1v) is 6.98. The summed E-state index contributed by atoms with van der Waals surface area (Å²) in [6.45, 7) is 3.42. The summed E-state index contributed by atoms with van der Waals surface area (Å²) in [4.78, 5) is 13.9. The molecule has 20 heavy (non-hydrogen) atoms. The molecule has 5 heteroatoms. The molecule has 2 rings (SSSR count). The van der Waals surface area contributed by atoms with Crippen molar-refractivity contribution >= 4 is 5.91 Å². The van der Waals surface area contributed by atoms with E-state index in [0.29, 0.717) is 18.2 Å². The highest BCUT2D eigenvalue weighted by atomic mass is 19.1. The van der Waals surface area contributed by atoms with Crippen molar-refractivity contribution in [3.63, 3.8) is 0 Å². The second-order valence-electron chi connectivity index (χ2n) is 5.34. The summed E-state index contributed by atoms with van der Waals surface area (Å²) >= 11 is 0. The van der Waals surface area contributed by atoms with E-state index in [1.807, 2.05) is 6.92 Å². The van der Waals surface area contributed by atoms with Gasteiger partial charge in [-0.3, -0.25) is 4.79 Å². The van der Waals surface area contributed by atoms with Gasteiger partial charge in [-0.1, -0.05) is 0 Å². The fourth-order valence-electron chi connectivity index (χ4n) is 2.43. The Balaban J connectivity index is 1.83. The van der Waals surface area contributed by atoms with E-state index < -0.39 is 0 Å². The Morgan fingerprint density at radius 3 is 2.85 bits per heavy atom. The van der Waals surface area contributed by atoms with Gasteiger partial charge >= 0.3 is 0 Å². The van der Waals surface area contributed by atoms with Crippen LogP contribution < -0.4 is 10.5 Å². The van der Waals surface area contributed by atoms with Crippen molar-refractivity contribution in [2.24, 2.45) is 11.7 Å². The Bertz CT molecular complexity index is 448. The highest BCUT2D eigenvalue weighted by Crippen LogP contribution is 2.19. The van der Waals surface area contributed by atoms with Crippen LogP contribution in [0.3, 0.4) is 0 Å². The van der Waals surface area contributed by atoms with Gasteiger partial charge in [-0.2, -0.15) is 0 Å². The van der Waals surface area contributed by atoms with E-state index in [0.717, 1.165) is 19.4 Å². The minimum atomic E-state index is -0.320. The molecule has 1 fully saturated rings. The topological polar surface area (TPSA) is 55.6 Å². The molecule has 0 bridgehead atoms. The van der Waals surface area contributed by atoms with Gasteiger partial charge in [0.2, 0.25) is 0 Å². The largest absolute Gasteiger partial charge is 0.484 e. The number of ether oxygens (including phenoxy) is 1. The molecule has 0 unspecified atom stereocenters. The number of hydrogen-bond acceptors (Lipinski definition) is 3. The maximum Gasteiger partial charge on any atom is 0.260 e. The third kappa shape index (κ3) is 3.93. The molecule has 1 amide bonds. The maximum absolute atomic E-state index is 12.8. The molecule has 0 aliphatic carbocycles. The van der Waals surface area contributed by atoms with Gasteiger partial charge in [0.1, 0.15) is 11.6 Å². The van der Waals surface area contributed by atoms with Crippen molar-refractivity contribution in [2.75, 3.05) is 19.7 Å². The van der Waals surface area contributed by atoms with Gasteiger partial charge in [-0.05, 0) is 49.9 Å². The standard InChI is InChI=1S/C15H21FN2O2/c1-11(17)12-3-2-8-18(9-12)15(19)10-20-14-6-4-13(16)5-7-14/h4-7,11-12H,2-3,8-10,17H2,1H3/t11-,12+/m1/s1. The lowest BCUT2D eigenvalue weighted by Gasteiger charge is -2.34. The van der Waals surface area contributed by atoms with Crippen LogP contribution in [-0.2, 0) is 4.79 Å². The number of piperidine rings is 1. The average molecular weight is 280 g/mol. The Hall–Kier alpha value is -1.62. The lowest BCUT2D eigenvalue weighted by atomic mass is 9.92. The maximum atomic E-state index is 12.8. The number of halogens is 1. The Morgan fingerprint density at radius 2 is 2.20 bits per heavy atom. The van der Waals surface area contributed by atoms with Crippen molar-refractivity contribution in [1.82, 2.24) is 4.90 Å². The molecule has 2 N–H and O–H groups in total. The zero-order valence-corrected chi connectivity index (χ0v) is 11.7. The molecule has 1 aliphatic heterocycles. The number of carbonyl (C=O) groups excluding carboxylic acids is 1. The number of nitrogens with two attached hydrogens (primary N) is 1. The normalized spacial score (nSPS) is 20.6. The highest BCUT2D eigenvalue weighted by Gasteiger charge is 2.25. The molecule has 110 valence electrons. The van der Waals surface area contributed by atoms with Gasteiger partial charge in [-0.15, -0.1) is 0 Å². The molecule has 1 aliphatic rings. The molecule has 1 heterocycles. The predicted octanol–water partition coefficient (Wildman–Crippen LogP) is 1.79. The number of amides is 1. The molecule has 1 aromatic carbocycles. The van der Waals surface area contributed by atoms with Crippen molar-refractivity contribution in [3.8, 4) is 5.75 Å². The fraction of sp³-hybridized carbons (Fsp3) is 0.533. The van der Waals surface area contributed by atoms with Crippen LogP contribution >= 0.6 is 0 Å². The minimum Gasteiger partial charge on any atom is -0.484 e. The summed E-state index contributed by atoms with van der Waals surface area (Å²) < 4.78 is 18.1. The third-order valence-electron chi connectivity index (χ3n) is 3.73. The van der Waals surface area contributed by atoms with Crippen molar-refractivity contribution < 1.29 is 13.9 Å². The first-order valence-electron chi connectivity index (χ1n) is 6.98. The molecular formula is C15H21FN2O2. The van der Waals surface area contributed by atoms with Crippen LogP contribution in [0.25, 0.3) is 0 Å². The summed E-state index contributed by atoms with van der Waals surface area (Å²) in [5.41, 5.74) is 5.90. The predicted molar refractivity (Wildman–Crippen MR) is 74.8 cm³/mol. The van der Waals surface area contributed by atoms with Crippen molar-refractivity contribution in [3.05, 3.63) is 30.1 Å². The molecular weight excluding hydrogens is 259 g/mol. The lowest BCUT2D eigenvalue weighted by molar-refractivity contribution is -0.135. The quantitative estimate of drug-likeness (QED) is 0.915. The Labute approximate surface area is 118 Å². The number of likely N-dealkylation sites (tertiary alicyclic amines) is 1.